The molecule has 110 valence electrons. The molecule has 5 heteroatoms. The Bertz CT molecular complexity index is 666. The van der Waals surface area contributed by atoms with E-state index in [4.69, 9.17) is 10.6 Å². The Labute approximate surface area is 131 Å². The zero-order chi connectivity index (χ0) is 15.4. The highest BCUT2D eigenvalue weighted by molar-refractivity contribution is 9.10. The number of rotatable bonds is 4. The van der Waals surface area contributed by atoms with Crippen LogP contribution in [0.5, 0.6) is 0 Å². The summed E-state index contributed by atoms with van der Waals surface area (Å²) in [6, 6.07) is 10.4. The van der Waals surface area contributed by atoms with Crippen LogP contribution in [0.2, 0.25) is 0 Å². The van der Waals surface area contributed by atoms with Gasteiger partial charge in [0.15, 0.2) is 0 Å². The monoisotopic (exact) mass is 350 g/mol. The standard InChI is InChI=1S/C16H16BrFN2O/c1-10-4-3-5-16(19)13(10)9-21-20-11(2)12-6-7-15(18)14(17)8-12/h3-8H,9,19H2,1-2H3. The van der Waals surface area contributed by atoms with E-state index < -0.39 is 0 Å². The van der Waals surface area contributed by atoms with E-state index in [0.29, 0.717) is 22.5 Å². The molecule has 0 bridgehead atoms. The topological polar surface area (TPSA) is 47.6 Å². The third-order valence-electron chi connectivity index (χ3n) is 3.19. The molecule has 3 nitrogen and oxygen atoms in total. The molecule has 0 spiro atoms. The molecule has 21 heavy (non-hydrogen) atoms. The fourth-order valence-electron chi connectivity index (χ4n) is 1.89. The van der Waals surface area contributed by atoms with E-state index in [1.165, 1.54) is 6.07 Å². The van der Waals surface area contributed by atoms with Gasteiger partial charge in [-0.25, -0.2) is 4.39 Å². The minimum absolute atomic E-state index is 0.304. The van der Waals surface area contributed by atoms with Crippen LogP contribution < -0.4 is 5.73 Å². The Morgan fingerprint density at radius 1 is 1.33 bits per heavy atom. The molecule has 0 radical (unpaired) electrons. The maximum absolute atomic E-state index is 13.2. The van der Waals surface area contributed by atoms with Crippen LogP contribution in [-0.4, -0.2) is 5.71 Å². The number of anilines is 1. The van der Waals surface area contributed by atoms with Gasteiger partial charge >= 0.3 is 0 Å². The summed E-state index contributed by atoms with van der Waals surface area (Å²) in [6.45, 7) is 4.09. The lowest BCUT2D eigenvalue weighted by atomic mass is 10.1. The molecule has 2 aromatic rings. The second-order valence-electron chi connectivity index (χ2n) is 4.72. The van der Waals surface area contributed by atoms with Crippen LogP contribution in [-0.2, 0) is 11.4 Å². The highest BCUT2D eigenvalue weighted by Gasteiger charge is 2.05. The zero-order valence-corrected chi connectivity index (χ0v) is 13.4. The van der Waals surface area contributed by atoms with Crippen molar-refractivity contribution in [3.05, 3.63) is 63.4 Å². The first kappa shape index (κ1) is 15.5. The molecule has 2 rings (SSSR count). The van der Waals surface area contributed by atoms with Crippen molar-refractivity contribution in [1.82, 2.24) is 0 Å². The molecule has 0 aliphatic carbocycles. The molecule has 2 aromatic carbocycles. The maximum atomic E-state index is 13.2. The van der Waals surface area contributed by atoms with Crippen LogP contribution in [0.3, 0.4) is 0 Å². The van der Waals surface area contributed by atoms with Crippen LogP contribution in [0.25, 0.3) is 0 Å². The molecule has 0 aromatic heterocycles. The van der Waals surface area contributed by atoms with Crippen molar-refractivity contribution >= 4 is 27.3 Å². The third kappa shape index (κ3) is 3.82. The Hall–Kier alpha value is -1.88. The molecule has 0 fully saturated rings. The van der Waals surface area contributed by atoms with Crippen molar-refractivity contribution in [2.24, 2.45) is 5.16 Å². The number of hydrogen-bond donors (Lipinski definition) is 1. The second-order valence-corrected chi connectivity index (χ2v) is 5.58. The van der Waals surface area contributed by atoms with E-state index in [9.17, 15) is 4.39 Å². The summed E-state index contributed by atoms with van der Waals surface area (Å²) in [6.07, 6.45) is 0. The van der Waals surface area contributed by atoms with Gasteiger partial charge in [-0.3, -0.25) is 0 Å². The Morgan fingerprint density at radius 3 is 2.76 bits per heavy atom. The highest BCUT2D eigenvalue weighted by Crippen LogP contribution is 2.19. The molecule has 0 aliphatic rings. The van der Waals surface area contributed by atoms with Crippen molar-refractivity contribution in [3.8, 4) is 0 Å². The van der Waals surface area contributed by atoms with E-state index in [1.54, 1.807) is 19.1 Å². The summed E-state index contributed by atoms with van der Waals surface area (Å²) in [4.78, 5) is 5.37. The van der Waals surface area contributed by atoms with Gasteiger partial charge < -0.3 is 10.6 Å². The molecule has 2 N–H and O–H groups in total. The van der Waals surface area contributed by atoms with Crippen LogP contribution in [0.1, 0.15) is 23.6 Å². The lowest BCUT2D eigenvalue weighted by molar-refractivity contribution is 0.130. The molecule has 0 unspecified atom stereocenters. The van der Waals surface area contributed by atoms with Crippen molar-refractivity contribution in [2.75, 3.05) is 5.73 Å². The summed E-state index contributed by atoms with van der Waals surface area (Å²) in [5, 5.41) is 4.06. The Kier molecular flexibility index (Phi) is 4.96. The summed E-state index contributed by atoms with van der Waals surface area (Å²) < 4.78 is 13.6. The zero-order valence-electron chi connectivity index (χ0n) is 11.9. The van der Waals surface area contributed by atoms with Gasteiger partial charge in [0.2, 0.25) is 0 Å². The number of nitrogen functional groups attached to an aromatic ring is 1. The fraction of sp³-hybridized carbons (Fsp3) is 0.188. The van der Waals surface area contributed by atoms with E-state index in [1.807, 2.05) is 25.1 Å². The number of nitrogens with zero attached hydrogens (tertiary/aromatic N) is 1. The minimum Gasteiger partial charge on any atom is -0.398 e. The van der Waals surface area contributed by atoms with Gasteiger partial charge in [0.25, 0.3) is 0 Å². The molecule has 0 heterocycles. The number of benzene rings is 2. The maximum Gasteiger partial charge on any atom is 0.144 e. The smallest absolute Gasteiger partial charge is 0.144 e. The van der Waals surface area contributed by atoms with E-state index in [-0.39, 0.29) is 5.82 Å². The molecule has 0 atom stereocenters. The fourth-order valence-corrected chi connectivity index (χ4v) is 2.27. The third-order valence-corrected chi connectivity index (χ3v) is 3.80. The normalized spacial score (nSPS) is 11.5. The quantitative estimate of drug-likeness (QED) is 0.504. The SMILES string of the molecule is CC(=NOCc1c(C)cccc1N)c1ccc(F)c(Br)c1. The predicted octanol–water partition coefficient (Wildman–Crippen LogP) is 4.42. The van der Waals surface area contributed by atoms with Crippen molar-refractivity contribution in [2.45, 2.75) is 20.5 Å². The number of hydrogen-bond acceptors (Lipinski definition) is 3. The molecule has 0 aliphatic heterocycles. The van der Waals surface area contributed by atoms with E-state index in [0.717, 1.165) is 16.7 Å². The first-order valence-electron chi connectivity index (χ1n) is 6.45. The van der Waals surface area contributed by atoms with Gasteiger partial charge in [0.1, 0.15) is 12.4 Å². The van der Waals surface area contributed by atoms with Gasteiger partial charge in [0, 0.05) is 16.8 Å². The molecular weight excluding hydrogens is 335 g/mol. The number of halogens is 2. The van der Waals surface area contributed by atoms with Crippen LogP contribution in [0.4, 0.5) is 10.1 Å². The summed E-state index contributed by atoms with van der Waals surface area (Å²) in [5.74, 6) is -0.305. The lowest BCUT2D eigenvalue weighted by Crippen LogP contribution is -2.01. The Balaban J connectivity index is 2.08. The summed E-state index contributed by atoms with van der Waals surface area (Å²) in [7, 11) is 0. The number of nitrogens with two attached hydrogens (primary N) is 1. The molecular formula is C16H16BrFN2O. The van der Waals surface area contributed by atoms with Crippen LogP contribution in [0.15, 0.2) is 46.0 Å². The molecule has 0 saturated heterocycles. The largest absolute Gasteiger partial charge is 0.398 e. The molecule has 0 amide bonds. The predicted molar refractivity (Wildman–Crippen MR) is 86.7 cm³/mol. The number of oxime groups is 1. The van der Waals surface area contributed by atoms with E-state index in [2.05, 4.69) is 21.1 Å². The van der Waals surface area contributed by atoms with Gasteiger partial charge in [-0.15, -0.1) is 0 Å². The first-order valence-corrected chi connectivity index (χ1v) is 7.24. The van der Waals surface area contributed by atoms with Crippen molar-refractivity contribution in [3.63, 3.8) is 0 Å². The first-order chi connectivity index (χ1) is 9.99. The van der Waals surface area contributed by atoms with Crippen molar-refractivity contribution < 1.29 is 9.23 Å². The van der Waals surface area contributed by atoms with Gasteiger partial charge in [0.05, 0.1) is 10.2 Å². The van der Waals surface area contributed by atoms with Gasteiger partial charge in [-0.1, -0.05) is 23.4 Å². The van der Waals surface area contributed by atoms with E-state index >= 15 is 0 Å². The highest BCUT2D eigenvalue weighted by atomic mass is 79.9. The van der Waals surface area contributed by atoms with Crippen LogP contribution in [0, 0.1) is 12.7 Å². The average Bonchev–Trinajstić information content (AvgIpc) is 2.45. The van der Waals surface area contributed by atoms with Crippen molar-refractivity contribution in [1.29, 1.82) is 0 Å². The minimum atomic E-state index is -0.305. The lowest BCUT2D eigenvalue weighted by Gasteiger charge is -2.08. The number of aryl methyl sites for hydroxylation is 1. The average molecular weight is 351 g/mol. The summed E-state index contributed by atoms with van der Waals surface area (Å²) >= 11 is 3.15. The second kappa shape index (κ2) is 6.72. The molecule has 0 saturated carbocycles. The van der Waals surface area contributed by atoms with Gasteiger partial charge in [-0.05, 0) is 53.5 Å². The summed E-state index contributed by atoms with van der Waals surface area (Å²) in [5.41, 5.74) is 10.0. The Morgan fingerprint density at radius 2 is 2.10 bits per heavy atom. The van der Waals surface area contributed by atoms with Gasteiger partial charge in [-0.2, -0.15) is 0 Å². The van der Waals surface area contributed by atoms with Crippen LogP contribution >= 0.6 is 15.9 Å².